The molecule has 0 saturated heterocycles. The van der Waals surface area contributed by atoms with Gasteiger partial charge in [0.15, 0.2) is 0 Å². The second-order valence-electron chi connectivity index (χ2n) is 6.15. The molecule has 0 amide bonds. The summed E-state index contributed by atoms with van der Waals surface area (Å²) in [5, 5.41) is 0. The highest BCUT2D eigenvalue weighted by Gasteiger charge is 2.25. The molecule has 0 aliphatic carbocycles. The van der Waals surface area contributed by atoms with Gasteiger partial charge in [0.25, 0.3) is 0 Å². The predicted molar refractivity (Wildman–Crippen MR) is 106 cm³/mol. The van der Waals surface area contributed by atoms with Crippen LogP contribution in [0.1, 0.15) is 0 Å². The van der Waals surface area contributed by atoms with Gasteiger partial charge >= 0.3 is 0 Å². The number of halogens is 1. The molecule has 27 heavy (non-hydrogen) atoms. The Hall–Kier alpha value is -3.18. The summed E-state index contributed by atoms with van der Waals surface area (Å²) in [7, 11) is 0. The van der Waals surface area contributed by atoms with E-state index >= 15 is 0 Å². The molecule has 0 radical (unpaired) electrons. The van der Waals surface area contributed by atoms with Gasteiger partial charge in [0.2, 0.25) is 0 Å². The first-order valence-corrected chi connectivity index (χ1v) is 9.34. The van der Waals surface area contributed by atoms with Crippen LogP contribution in [0.3, 0.4) is 0 Å². The van der Waals surface area contributed by atoms with E-state index in [9.17, 15) is 4.39 Å². The quantitative estimate of drug-likeness (QED) is 0.368. The molecule has 4 aromatic rings. The normalized spacial score (nSPS) is 12.4. The molecule has 3 heterocycles. The average molecular weight is 371 g/mol. The Morgan fingerprint density at radius 1 is 0.815 bits per heavy atom. The molecule has 130 valence electrons. The van der Waals surface area contributed by atoms with Crippen LogP contribution in [0.25, 0.3) is 11.3 Å². The second-order valence-corrected chi connectivity index (χ2v) is 7.24. The van der Waals surface area contributed by atoms with E-state index in [0.29, 0.717) is 0 Å². The van der Waals surface area contributed by atoms with Crippen LogP contribution in [0, 0.1) is 5.82 Å². The number of para-hydroxylation sites is 1. The first kappa shape index (κ1) is 16.0. The number of rotatable bonds is 2. The number of fused-ring (bicyclic) bond motifs is 2. The number of pyridine rings is 2. The highest BCUT2D eigenvalue weighted by Crippen LogP contribution is 2.51. The maximum atomic E-state index is 13.8. The van der Waals surface area contributed by atoms with Crippen LogP contribution in [-0.2, 0) is 0 Å². The molecular weight excluding hydrogens is 357 g/mol. The van der Waals surface area contributed by atoms with Gasteiger partial charge in [-0.2, -0.15) is 0 Å². The lowest BCUT2D eigenvalue weighted by Crippen LogP contribution is -2.15. The van der Waals surface area contributed by atoms with Gasteiger partial charge in [0.1, 0.15) is 5.82 Å². The van der Waals surface area contributed by atoms with Crippen molar-refractivity contribution in [2.75, 3.05) is 4.90 Å². The van der Waals surface area contributed by atoms with Crippen molar-refractivity contribution in [3.8, 4) is 11.3 Å². The van der Waals surface area contributed by atoms with Gasteiger partial charge in [-0.3, -0.25) is 9.97 Å². The van der Waals surface area contributed by atoms with Crippen LogP contribution in [0.15, 0.2) is 95.1 Å². The van der Waals surface area contributed by atoms with E-state index in [-0.39, 0.29) is 5.82 Å². The van der Waals surface area contributed by atoms with Gasteiger partial charge in [-0.25, -0.2) is 4.39 Å². The molecule has 1 aliphatic rings. The van der Waals surface area contributed by atoms with Gasteiger partial charge < -0.3 is 4.90 Å². The minimum atomic E-state index is -0.230. The lowest BCUT2D eigenvalue weighted by atomic mass is 10.1. The average Bonchev–Trinajstić information content (AvgIpc) is 2.73. The molecule has 1 aliphatic heterocycles. The molecule has 0 unspecified atom stereocenters. The van der Waals surface area contributed by atoms with Crippen LogP contribution < -0.4 is 4.90 Å². The van der Waals surface area contributed by atoms with E-state index < -0.39 is 0 Å². The Kier molecular flexibility index (Phi) is 3.87. The molecule has 2 aromatic heterocycles. The fourth-order valence-corrected chi connectivity index (χ4v) is 4.30. The van der Waals surface area contributed by atoms with Gasteiger partial charge in [-0.1, -0.05) is 23.9 Å². The van der Waals surface area contributed by atoms with Crippen molar-refractivity contribution in [2.24, 2.45) is 0 Å². The van der Waals surface area contributed by atoms with E-state index in [1.165, 1.54) is 6.07 Å². The highest BCUT2D eigenvalue weighted by atomic mass is 32.2. The van der Waals surface area contributed by atoms with Crippen molar-refractivity contribution >= 4 is 28.8 Å². The van der Waals surface area contributed by atoms with Crippen LogP contribution in [-0.4, -0.2) is 9.97 Å². The van der Waals surface area contributed by atoms with E-state index in [4.69, 9.17) is 0 Å². The van der Waals surface area contributed by atoms with Crippen LogP contribution >= 0.6 is 11.8 Å². The summed E-state index contributed by atoms with van der Waals surface area (Å²) in [6.07, 6.45) is 5.37. The first-order chi connectivity index (χ1) is 13.3. The van der Waals surface area contributed by atoms with Gasteiger partial charge in [-0.05, 0) is 54.6 Å². The summed E-state index contributed by atoms with van der Waals surface area (Å²) in [6, 6.07) is 21.0. The molecule has 5 heteroatoms. The number of benzene rings is 2. The molecule has 0 N–H and O–H groups in total. The maximum Gasteiger partial charge on any atom is 0.124 e. The smallest absolute Gasteiger partial charge is 0.124 e. The minimum Gasteiger partial charge on any atom is -0.307 e. The molecular formula is C22H14FN3S. The van der Waals surface area contributed by atoms with Gasteiger partial charge in [0, 0.05) is 27.7 Å². The third-order valence-corrected chi connectivity index (χ3v) is 5.58. The van der Waals surface area contributed by atoms with E-state index in [1.54, 1.807) is 30.2 Å². The van der Waals surface area contributed by atoms with Crippen molar-refractivity contribution in [2.45, 2.75) is 9.79 Å². The molecule has 3 nitrogen and oxygen atoms in total. The lowest BCUT2D eigenvalue weighted by Gasteiger charge is -2.32. The SMILES string of the molecule is Fc1ccc2c(c1)Sc1ccccc1N2c1ccc(-c2ccncc2)nc1. The Morgan fingerprint density at radius 2 is 1.63 bits per heavy atom. The molecule has 0 spiro atoms. The fraction of sp³-hybridized carbons (Fsp3) is 0. The van der Waals surface area contributed by atoms with Crippen molar-refractivity contribution in [1.29, 1.82) is 0 Å². The summed E-state index contributed by atoms with van der Waals surface area (Å²) in [5.41, 5.74) is 4.88. The topological polar surface area (TPSA) is 29.0 Å². The van der Waals surface area contributed by atoms with Crippen LogP contribution in [0.4, 0.5) is 21.5 Å². The fourth-order valence-electron chi connectivity index (χ4n) is 3.22. The molecule has 0 bridgehead atoms. The van der Waals surface area contributed by atoms with Crippen molar-refractivity contribution < 1.29 is 4.39 Å². The zero-order valence-corrected chi connectivity index (χ0v) is 15.0. The Labute approximate surface area is 160 Å². The van der Waals surface area contributed by atoms with Crippen molar-refractivity contribution in [3.05, 3.63) is 91.1 Å². The zero-order chi connectivity index (χ0) is 18.2. The molecule has 2 aromatic carbocycles. The summed E-state index contributed by atoms with van der Waals surface area (Å²) in [4.78, 5) is 12.8. The molecule has 0 fully saturated rings. The number of anilines is 3. The summed E-state index contributed by atoms with van der Waals surface area (Å²) in [6.45, 7) is 0. The highest BCUT2D eigenvalue weighted by molar-refractivity contribution is 7.99. The van der Waals surface area contributed by atoms with Crippen molar-refractivity contribution in [1.82, 2.24) is 9.97 Å². The summed E-state index contributed by atoms with van der Waals surface area (Å²) >= 11 is 1.59. The van der Waals surface area contributed by atoms with Crippen LogP contribution in [0.5, 0.6) is 0 Å². The summed E-state index contributed by atoms with van der Waals surface area (Å²) in [5.74, 6) is -0.230. The lowest BCUT2D eigenvalue weighted by molar-refractivity contribution is 0.624. The van der Waals surface area contributed by atoms with E-state index in [0.717, 1.165) is 38.1 Å². The Balaban J connectivity index is 1.62. The number of aromatic nitrogens is 2. The number of nitrogens with zero attached hydrogens (tertiary/aromatic N) is 3. The van der Waals surface area contributed by atoms with Crippen molar-refractivity contribution in [3.63, 3.8) is 0 Å². The summed E-state index contributed by atoms with van der Waals surface area (Å²) < 4.78 is 13.8. The van der Waals surface area contributed by atoms with E-state index in [1.807, 2.05) is 48.7 Å². The Bertz CT molecular complexity index is 1110. The molecule has 5 rings (SSSR count). The van der Waals surface area contributed by atoms with E-state index in [2.05, 4.69) is 27.0 Å². The van der Waals surface area contributed by atoms with Gasteiger partial charge in [0.05, 0.1) is 29.0 Å². The minimum absolute atomic E-state index is 0.230. The zero-order valence-electron chi connectivity index (χ0n) is 14.2. The molecule has 0 saturated carbocycles. The number of hydrogen-bond donors (Lipinski definition) is 0. The standard InChI is InChI=1S/C22H14FN3S/c23-16-5-8-20-22(13-16)27-21-4-2-1-3-19(21)26(20)17-6-7-18(25-14-17)15-9-11-24-12-10-15/h1-14H. The third kappa shape index (κ3) is 2.86. The second kappa shape index (κ2) is 6.52. The molecule has 0 atom stereocenters. The number of hydrogen-bond acceptors (Lipinski definition) is 4. The third-order valence-electron chi connectivity index (χ3n) is 4.47. The largest absolute Gasteiger partial charge is 0.307 e. The Morgan fingerprint density at radius 3 is 2.44 bits per heavy atom. The monoisotopic (exact) mass is 371 g/mol. The first-order valence-electron chi connectivity index (χ1n) is 8.53. The predicted octanol–water partition coefficient (Wildman–Crippen LogP) is 6.22. The maximum absolute atomic E-state index is 13.8. The van der Waals surface area contributed by atoms with Crippen LogP contribution in [0.2, 0.25) is 0 Å². The van der Waals surface area contributed by atoms with Gasteiger partial charge in [-0.15, -0.1) is 0 Å².